The van der Waals surface area contributed by atoms with E-state index in [0.717, 1.165) is 12.8 Å². The lowest BCUT2D eigenvalue weighted by Crippen LogP contribution is -2.07. The number of unbranched alkanes of at least 4 members (excludes halogenated alkanes) is 10. The van der Waals surface area contributed by atoms with Gasteiger partial charge in [0.1, 0.15) is 0 Å². The van der Waals surface area contributed by atoms with Crippen LogP contribution < -0.4 is 0 Å². The number of carbonyl (C=O) groups is 1. The molecule has 0 atom stereocenters. The fourth-order valence-corrected chi connectivity index (χ4v) is 2.08. The summed E-state index contributed by atoms with van der Waals surface area (Å²) in [5.74, 6) is 0. The van der Waals surface area contributed by atoms with E-state index in [1.165, 1.54) is 57.8 Å². The van der Waals surface area contributed by atoms with Crippen LogP contribution in [0.15, 0.2) is 0 Å². The van der Waals surface area contributed by atoms with Gasteiger partial charge in [-0.05, 0) is 13.3 Å². The SMILES string of the molecule is CCCCCCCCCCCCCOC(=O)OCC. The maximum atomic E-state index is 10.9. The molecular formula is C16H32O3. The molecule has 0 fully saturated rings. The summed E-state index contributed by atoms with van der Waals surface area (Å²) in [5, 5.41) is 0. The lowest BCUT2D eigenvalue weighted by Gasteiger charge is -2.04. The Morgan fingerprint density at radius 3 is 1.63 bits per heavy atom. The summed E-state index contributed by atoms with van der Waals surface area (Å²) in [6.45, 7) is 4.92. The quantitative estimate of drug-likeness (QED) is 0.329. The molecule has 0 unspecified atom stereocenters. The van der Waals surface area contributed by atoms with Crippen LogP contribution in [-0.2, 0) is 9.47 Å². The molecule has 0 radical (unpaired) electrons. The minimum absolute atomic E-state index is 0.386. The Balaban J connectivity index is 3.01. The van der Waals surface area contributed by atoms with Gasteiger partial charge >= 0.3 is 6.16 Å². The van der Waals surface area contributed by atoms with E-state index in [2.05, 4.69) is 11.7 Å². The highest BCUT2D eigenvalue weighted by Gasteiger charge is 2.00. The van der Waals surface area contributed by atoms with Gasteiger partial charge in [-0.3, -0.25) is 0 Å². The van der Waals surface area contributed by atoms with Crippen molar-refractivity contribution < 1.29 is 14.3 Å². The fourth-order valence-electron chi connectivity index (χ4n) is 2.08. The summed E-state index contributed by atoms with van der Waals surface area (Å²) >= 11 is 0. The fraction of sp³-hybridized carbons (Fsp3) is 0.938. The average Bonchev–Trinajstić information content (AvgIpc) is 2.40. The van der Waals surface area contributed by atoms with Crippen LogP contribution in [0.1, 0.15) is 84.5 Å². The Kier molecular flexibility index (Phi) is 14.7. The van der Waals surface area contributed by atoms with Crippen LogP contribution >= 0.6 is 0 Å². The summed E-state index contributed by atoms with van der Waals surface area (Å²) in [7, 11) is 0. The molecule has 3 nitrogen and oxygen atoms in total. The van der Waals surface area contributed by atoms with Crippen molar-refractivity contribution in [3.05, 3.63) is 0 Å². The van der Waals surface area contributed by atoms with Gasteiger partial charge < -0.3 is 9.47 Å². The van der Waals surface area contributed by atoms with Crippen molar-refractivity contribution in [3.8, 4) is 0 Å². The van der Waals surface area contributed by atoms with Gasteiger partial charge in [-0.15, -0.1) is 0 Å². The van der Waals surface area contributed by atoms with Crippen LogP contribution in [0.5, 0.6) is 0 Å². The van der Waals surface area contributed by atoms with E-state index < -0.39 is 6.16 Å². The first kappa shape index (κ1) is 18.3. The molecule has 0 aromatic rings. The summed E-state index contributed by atoms with van der Waals surface area (Å²) in [6, 6.07) is 0. The summed E-state index contributed by atoms with van der Waals surface area (Å²) in [6.07, 6.45) is 13.8. The zero-order valence-electron chi connectivity index (χ0n) is 12.9. The second-order valence-corrected chi connectivity index (χ2v) is 5.07. The van der Waals surface area contributed by atoms with Crippen molar-refractivity contribution in [3.63, 3.8) is 0 Å². The van der Waals surface area contributed by atoms with E-state index in [1.807, 2.05) is 0 Å². The second kappa shape index (κ2) is 15.3. The van der Waals surface area contributed by atoms with Gasteiger partial charge in [0.25, 0.3) is 0 Å². The van der Waals surface area contributed by atoms with Crippen molar-refractivity contribution in [1.82, 2.24) is 0 Å². The van der Waals surface area contributed by atoms with E-state index in [9.17, 15) is 4.79 Å². The highest BCUT2D eigenvalue weighted by molar-refractivity contribution is 5.59. The summed E-state index contributed by atoms with van der Waals surface area (Å²) in [5.41, 5.74) is 0. The van der Waals surface area contributed by atoms with Crippen molar-refractivity contribution >= 4 is 6.16 Å². The highest BCUT2D eigenvalue weighted by atomic mass is 16.7. The van der Waals surface area contributed by atoms with E-state index in [0.29, 0.717) is 13.2 Å². The normalized spacial score (nSPS) is 10.4. The standard InChI is InChI=1S/C16H32O3/c1-3-5-6-7-8-9-10-11-12-13-14-15-19-16(17)18-4-2/h3-15H2,1-2H3. The molecule has 114 valence electrons. The number of rotatable bonds is 13. The molecule has 0 aromatic carbocycles. The number of hydrogen-bond donors (Lipinski definition) is 0. The molecule has 0 heterocycles. The Morgan fingerprint density at radius 2 is 1.16 bits per heavy atom. The predicted molar refractivity (Wildman–Crippen MR) is 79.4 cm³/mol. The van der Waals surface area contributed by atoms with Crippen LogP contribution in [0.25, 0.3) is 0 Å². The Hall–Kier alpha value is -0.730. The first-order valence-corrected chi connectivity index (χ1v) is 8.10. The molecule has 3 heteroatoms. The molecule has 0 saturated carbocycles. The molecule has 0 aliphatic heterocycles. The van der Waals surface area contributed by atoms with Gasteiger partial charge in [0.2, 0.25) is 0 Å². The molecule has 0 aromatic heterocycles. The number of hydrogen-bond acceptors (Lipinski definition) is 3. The van der Waals surface area contributed by atoms with Crippen molar-refractivity contribution in [1.29, 1.82) is 0 Å². The molecule has 0 amide bonds. The third-order valence-electron chi connectivity index (χ3n) is 3.23. The Morgan fingerprint density at radius 1 is 0.684 bits per heavy atom. The van der Waals surface area contributed by atoms with Crippen molar-refractivity contribution in [2.45, 2.75) is 84.5 Å². The minimum atomic E-state index is -0.533. The van der Waals surface area contributed by atoms with Gasteiger partial charge in [0.05, 0.1) is 13.2 Å². The van der Waals surface area contributed by atoms with Gasteiger partial charge in [-0.2, -0.15) is 0 Å². The smallest absolute Gasteiger partial charge is 0.435 e. The van der Waals surface area contributed by atoms with Crippen molar-refractivity contribution in [2.75, 3.05) is 13.2 Å². The molecule has 0 rings (SSSR count). The van der Waals surface area contributed by atoms with E-state index in [-0.39, 0.29) is 0 Å². The van der Waals surface area contributed by atoms with Gasteiger partial charge in [0.15, 0.2) is 0 Å². The molecule has 0 aliphatic carbocycles. The zero-order chi connectivity index (χ0) is 14.2. The third kappa shape index (κ3) is 15.2. The lowest BCUT2D eigenvalue weighted by atomic mass is 10.1. The zero-order valence-corrected chi connectivity index (χ0v) is 12.9. The summed E-state index contributed by atoms with van der Waals surface area (Å²) < 4.78 is 9.58. The third-order valence-corrected chi connectivity index (χ3v) is 3.23. The Labute approximate surface area is 119 Å². The topological polar surface area (TPSA) is 35.5 Å². The van der Waals surface area contributed by atoms with Crippen LogP contribution in [0.4, 0.5) is 4.79 Å². The largest absolute Gasteiger partial charge is 0.508 e. The molecule has 0 spiro atoms. The molecule has 0 saturated heterocycles. The van der Waals surface area contributed by atoms with Crippen LogP contribution in [-0.4, -0.2) is 19.4 Å². The van der Waals surface area contributed by atoms with E-state index in [4.69, 9.17) is 4.74 Å². The number of carbonyl (C=O) groups excluding carboxylic acids is 1. The maximum Gasteiger partial charge on any atom is 0.508 e. The van der Waals surface area contributed by atoms with E-state index in [1.54, 1.807) is 6.92 Å². The Bertz CT molecular complexity index is 192. The monoisotopic (exact) mass is 272 g/mol. The first-order chi connectivity index (χ1) is 9.31. The number of ether oxygens (including phenoxy) is 2. The van der Waals surface area contributed by atoms with Crippen LogP contribution in [0.3, 0.4) is 0 Å². The maximum absolute atomic E-state index is 10.9. The van der Waals surface area contributed by atoms with Crippen LogP contribution in [0, 0.1) is 0 Å². The van der Waals surface area contributed by atoms with Gasteiger partial charge in [-0.25, -0.2) is 4.79 Å². The summed E-state index contributed by atoms with van der Waals surface area (Å²) in [4.78, 5) is 10.9. The molecule has 0 bridgehead atoms. The van der Waals surface area contributed by atoms with Crippen LogP contribution in [0.2, 0.25) is 0 Å². The lowest BCUT2D eigenvalue weighted by molar-refractivity contribution is 0.0578. The molecular weight excluding hydrogens is 240 g/mol. The van der Waals surface area contributed by atoms with Gasteiger partial charge in [-0.1, -0.05) is 71.1 Å². The van der Waals surface area contributed by atoms with Gasteiger partial charge in [0, 0.05) is 0 Å². The predicted octanol–water partition coefficient (Wildman–Crippen LogP) is 5.47. The average molecular weight is 272 g/mol. The van der Waals surface area contributed by atoms with E-state index >= 15 is 0 Å². The molecule has 0 aliphatic rings. The second-order valence-electron chi connectivity index (χ2n) is 5.07. The molecule has 0 N–H and O–H groups in total. The first-order valence-electron chi connectivity index (χ1n) is 8.10. The molecule has 19 heavy (non-hydrogen) atoms. The highest BCUT2D eigenvalue weighted by Crippen LogP contribution is 2.11. The minimum Gasteiger partial charge on any atom is -0.435 e. The van der Waals surface area contributed by atoms with Crippen molar-refractivity contribution in [2.24, 2.45) is 0 Å².